The molecule has 10 heteroatoms. The molecule has 0 aliphatic carbocycles. The van der Waals surface area contributed by atoms with Crippen molar-refractivity contribution in [3.8, 4) is 5.75 Å². The maximum absolute atomic E-state index is 12.4. The van der Waals surface area contributed by atoms with Crippen molar-refractivity contribution in [2.75, 3.05) is 36.5 Å². The SMILES string of the molecule is CC1C(=O)NN=C2COc3cc(Br)c(N(C)C4(C)CN(C(=O)OC(C)(C)C)C4)cc3N21. The molecular weight excluding hydrogens is 466 g/mol. The summed E-state index contributed by atoms with van der Waals surface area (Å²) in [6.45, 7) is 10.9. The molecule has 1 aromatic carbocycles. The molecule has 1 atom stereocenters. The number of likely N-dealkylation sites (tertiary alicyclic amines) is 1. The first kappa shape index (κ1) is 21.7. The van der Waals surface area contributed by atoms with Crippen molar-refractivity contribution in [3.63, 3.8) is 0 Å². The summed E-state index contributed by atoms with van der Waals surface area (Å²) in [6, 6.07) is 3.53. The molecule has 0 saturated carbocycles. The zero-order chi connectivity index (χ0) is 22.7. The number of halogens is 1. The highest BCUT2D eigenvalue weighted by Gasteiger charge is 2.47. The van der Waals surface area contributed by atoms with Crippen LogP contribution in [0.15, 0.2) is 21.7 Å². The molecule has 4 rings (SSSR count). The Bertz CT molecular complexity index is 967. The van der Waals surface area contributed by atoms with Crippen molar-refractivity contribution in [2.24, 2.45) is 5.10 Å². The summed E-state index contributed by atoms with van der Waals surface area (Å²) in [5, 5.41) is 4.15. The third-order valence-corrected chi connectivity index (χ3v) is 6.51. The van der Waals surface area contributed by atoms with E-state index in [9.17, 15) is 9.59 Å². The summed E-state index contributed by atoms with van der Waals surface area (Å²) in [5.41, 5.74) is 3.50. The molecular formula is C21H28BrN5O4. The van der Waals surface area contributed by atoms with Crippen molar-refractivity contribution in [1.82, 2.24) is 10.3 Å². The van der Waals surface area contributed by atoms with Crippen molar-refractivity contribution >= 4 is 45.1 Å². The topological polar surface area (TPSA) is 86.7 Å². The third-order valence-electron chi connectivity index (χ3n) is 5.87. The molecule has 0 bridgehead atoms. The number of fused-ring (bicyclic) bond motifs is 3. The normalized spacial score (nSPS) is 21.7. The number of hydrazone groups is 1. The second-order valence-electron chi connectivity index (χ2n) is 9.50. The minimum atomic E-state index is -0.521. The molecule has 31 heavy (non-hydrogen) atoms. The standard InChI is InChI=1S/C21H28BrN5O4/c1-12-18(28)24-23-17-9-30-16-7-13(22)14(8-15(16)27(12)17)25(6)21(5)10-26(11-21)19(29)31-20(2,3)4/h7-8,12H,9-11H2,1-6H3,(H,24,28). The van der Waals surface area contributed by atoms with E-state index < -0.39 is 11.6 Å². The maximum atomic E-state index is 12.4. The van der Waals surface area contributed by atoms with Crippen molar-refractivity contribution in [3.05, 3.63) is 16.6 Å². The fourth-order valence-electron chi connectivity index (χ4n) is 4.03. The Morgan fingerprint density at radius 3 is 2.71 bits per heavy atom. The number of carbonyl (C=O) groups is 2. The summed E-state index contributed by atoms with van der Waals surface area (Å²) in [6.07, 6.45) is -0.301. The van der Waals surface area contributed by atoms with Crippen LogP contribution in [0.1, 0.15) is 34.6 Å². The summed E-state index contributed by atoms with van der Waals surface area (Å²) in [7, 11) is 2.00. The average molecular weight is 494 g/mol. The highest BCUT2D eigenvalue weighted by molar-refractivity contribution is 9.10. The second-order valence-corrected chi connectivity index (χ2v) is 10.4. The quantitative estimate of drug-likeness (QED) is 0.681. The van der Waals surface area contributed by atoms with E-state index >= 15 is 0 Å². The monoisotopic (exact) mass is 493 g/mol. The van der Waals surface area contributed by atoms with Crippen LogP contribution in [0.25, 0.3) is 0 Å². The second kappa shape index (κ2) is 7.29. The number of anilines is 2. The predicted molar refractivity (Wildman–Crippen MR) is 122 cm³/mol. The molecule has 0 radical (unpaired) electrons. The number of benzene rings is 1. The van der Waals surface area contributed by atoms with Gasteiger partial charge in [-0.15, -0.1) is 0 Å². The van der Waals surface area contributed by atoms with Crippen LogP contribution < -0.4 is 20.0 Å². The molecule has 2 amide bonds. The van der Waals surface area contributed by atoms with Gasteiger partial charge in [0.25, 0.3) is 5.91 Å². The van der Waals surface area contributed by atoms with Crippen molar-refractivity contribution in [1.29, 1.82) is 0 Å². The minimum absolute atomic E-state index is 0.159. The zero-order valence-electron chi connectivity index (χ0n) is 18.7. The molecule has 3 heterocycles. The first-order valence-corrected chi connectivity index (χ1v) is 11.0. The number of hydrogen-bond donors (Lipinski definition) is 1. The maximum Gasteiger partial charge on any atom is 0.410 e. The van der Waals surface area contributed by atoms with Crippen molar-refractivity contribution < 1.29 is 19.1 Å². The first-order chi connectivity index (χ1) is 14.4. The number of rotatable bonds is 2. The van der Waals surface area contributed by atoms with E-state index in [2.05, 4.69) is 38.3 Å². The van der Waals surface area contributed by atoms with Gasteiger partial charge in [0.05, 0.1) is 16.9 Å². The number of amidine groups is 1. The van der Waals surface area contributed by atoms with Gasteiger partial charge in [0.2, 0.25) is 0 Å². The van der Waals surface area contributed by atoms with Gasteiger partial charge in [0.1, 0.15) is 24.0 Å². The lowest BCUT2D eigenvalue weighted by Gasteiger charge is -2.53. The van der Waals surface area contributed by atoms with Crippen LogP contribution in [0, 0.1) is 0 Å². The van der Waals surface area contributed by atoms with E-state index in [0.29, 0.717) is 31.3 Å². The number of likely N-dealkylation sites (N-methyl/N-ethyl adjacent to an activating group) is 1. The molecule has 3 aliphatic rings. The summed E-state index contributed by atoms with van der Waals surface area (Å²) in [4.78, 5) is 30.3. The first-order valence-electron chi connectivity index (χ1n) is 10.2. The lowest BCUT2D eigenvalue weighted by molar-refractivity contribution is -0.122. The van der Waals surface area contributed by atoms with E-state index in [1.165, 1.54) is 0 Å². The molecule has 1 N–H and O–H groups in total. The molecule has 1 unspecified atom stereocenters. The van der Waals surface area contributed by atoms with E-state index in [1.54, 1.807) is 4.90 Å². The van der Waals surface area contributed by atoms with Gasteiger partial charge in [-0.05, 0) is 62.7 Å². The Balaban J connectivity index is 1.59. The molecule has 0 spiro atoms. The summed E-state index contributed by atoms with van der Waals surface area (Å²) >= 11 is 3.67. The number of hydrogen-bond acceptors (Lipinski definition) is 7. The molecule has 3 aliphatic heterocycles. The molecule has 1 fully saturated rings. The Hall–Kier alpha value is -2.49. The van der Waals surface area contributed by atoms with Crippen LogP contribution in [0.4, 0.5) is 16.2 Å². The van der Waals surface area contributed by atoms with Crippen LogP contribution in [0.3, 0.4) is 0 Å². The van der Waals surface area contributed by atoms with E-state index in [4.69, 9.17) is 9.47 Å². The van der Waals surface area contributed by atoms with Crippen LogP contribution in [-0.2, 0) is 9.53 Å². The molecule has 168 valence electrons. The predicted octanol–water partition coefficient (Wildman–Crippen LogP) is 2.93. The number of ether oxygens (including phenoxy) is 2. The molecule has 1 aromatic rings. The van der Waals surface area contributed by atoms with Crippen molar-refractivity contribution in [2.45, 2.75) is 51.8 Å². The van der Waals surface area contributed by atoms with E-state index in [1.807, 2.05) is 51.8 Å². The zero-order valence-corrected chi connectivity index (χ0v) is 20.2. The number of nitrogens with zero attached hydrogens (tertiary/aromatic N) is 4. The van der Waals surface area contributed by atoms with Crippen LogP contribution in [0.5, 0.6) is 5.75 Å². The van der Waals surface area contributed by atoms with Crippen LogP contribution in [-0.4, -0.2) is 66.7 Å². The lowest BCUT2D eigenvalue weighted by atomic mass is 9.90. The Morgan fingerprint density at radius 1 is 1.39 bits per heavy atom. The van der Waals surface area contributed by atoms with Gasteiger partial charge in [0, 0.05) is 24.6 Å². The highest BCUT2D eigenvalue weighted by atomic mass is 79.9. The fourth-order valence-corrected chi connectivity index (χ4v) is 4.62. The number of carbonyl (C=O) groups excluding carboxylic acids is 2. The number of amides is 2. The molecule has 0 aromatic heterocycles. The van der Waals surface area contributed by atoms with Gasteiger partial charge in [-0.3, -0.25) is 4.79 Å². The largest absolute Gasteiger partial charge is 0.483 e. The van der Waals surface area contributed by atoms with Gasteiger partial charge < -0.3 is 24.2 Å². The van der Waals surface area contributed by atoms with Gasteiger partial charge in [-0.1, -0.05) is 0 Å². The van der Waals surface area contributed by atoms with Crippen LogP contribution in [0.2, 0.25) is 0 Å². The number of nitrogens with one attached hydrogen (secondary N) is 1. The minimum Gasteiger partial charge on any atom is -0.483 e. The van der Waals surface area contributed by atoms with E-state index in [-0.39, 0.29) is 17.5 Å². The highest BCUT2D eigenvalue weighted by Crippen LogP contribution is 2.44. The Labute approximate surface area is 190 Å². The fraction of sp³-hybridized carbons (Fsp3) is 0.571. The lowest BCUT2D eigenvalue weighted by Crippen LogP contribution is -2.69. The van der Waals surface area contributed by atoms with Gasteiger partial charge in [0.15, 0.2) is 5.84 Å². The third kappa shape index (κ3) is 3.81. The van der Waals surface area contributed by atoms with E-state index in [0.717, 1.165) is 15.8 Å². The molecule has 9 nitrogen and oxygen atoms in total. The molecule has 1 saturated heterocycles. The Morgan fingerprint density at radius 2 is 2.06 bits per heavy atom. The summed E-state index contributed by atoms with van der Waals surface area (Å²) in [5.74, 6) is 1.20. The Kier molecular flexibility index (Phi) is 5.11. The van der Waals surface area contributed by atoms with Gasteiger partial charge in [-0.2, -0.15) is 5.10 Å². The summed E-state index contributed by atoms with van der Waals surface area (Å²) < 4.78 is 12.2. The smallest absolute Gasteiger partial charge is 0.410 e. The van der Waals surface area contributed by atoms with Gasteiger partial charge >= 0.3 is 6.09 Å². The average Bonchev–Trinajstić information content (AvgIpc) is 2.65. The van der Waals surface area contributed by atoms with Crippen LogP contribution >= 0.6 is 15.9 Å². The van der Waals surface area contributed by atoms with Gasteiger partial charge in [-0.25, -0.2) is 10.2 Å².